The molecule has 0 saturated heterocycles. The molecule has 0 fully saturated rings. The fourth-order valence-electron chi connectivity index (χ4n) is 1.75. The van der Waals surface area contributed by atoms with Crippen LogP contribution in [0.5, 0.6) is 11.5 Å². The van der Waals surface area contributed by atoms with Crippen LogP contribution in [-0.4, -0.2) is 37.7 Å². The van der Waals surface area contributed by atoms with E-state index < -0.39 is 12.1 Å². The summed E-state index contributed by atoms with van der Waals surface area (Å²) in [6.45, 7) is 9.08. The van der Waals surface area contributed by atoms with Crippen molar-refractivity contribution in [1.82, 2.24) is 5.32 Å². The van der Waals surface area contributed by atoms with Crippen LogP contribution >= 0.6 is 0 Å². The molecule has 1 N–H and O–H groups in total. The molecular formula is C17H23NO5. The first kappa shape index (κ1) is 18.5. The number of benzene rings is 1. The lowest BCUT2D eigenvalue weighted by molar-refractivity contribution is -0.129. The molecule has 1 rings (SSSR count). The van der Waals surface area contributed by atoms with Crippen LogP contribution in [0.15, 0.2) is 30.9 Å². The van der Waals surface area contributed by atoms with Gasteiger partial charge in [-0.05, 0) is 39.0 Å². The Morgan fingerprint density at radius 3 is 2.52 bits per heavy atom. The van der Waals surface area contributed by atoms with Gasteiger partial charge in [0.1, 0.15) is 6.61 Å². The van der Waals surface area contributed by atoms with E-state index in [0.29, 0.717) is 18.1 Å². The maximum Gasteiger partial charge on any atom is 0.339 e. The molecule has 0 aliphatic rings. The van der Waals surface area contributed by atoms with Crippen molar-refractivity contribution in [3.05, 3.63) is 36.4 Å². The van der Waals surface area contributed by atoms with Crippen LogP contribution in [0, 0.1) is 0 Å². The fraction of sp³-hybridized carbons (Fsp3) is 0.412. The van der Waals surface area contributed by atoms with E-state index in [9.17, 15) is 9.59 Å². The lowest BCUT2D eigenvalue weighted by Crippen LogP contribution is -2.39. The summed E-state index contributed by atoms with van der Waals surface area (Å²) in [7, 11) is 1.48. The number of rotatable bonds is 8. The van der Waals surface area contributed by atoms with Gasteiger partial charge in [-0.2, -0.15) is 0 Å². The average molecular weight is 321 g/mol. The van der Waals surface area contributed by atoms with Gasteiger partial charge in [0.2, 0.25) is 0 Å². The van der Waals surface area contributed by atoms with Gasteiger partial charge in [-0.15, -0.1) is 0 Å². The lowest BCUT2D eigenvalue weighted by Gasteiger charge is -2.16. The maximum absolute atomic E-state index is 12.1. The minimum Gasteiger partial charge on any atom is -0.493 e. The Bertz CT molecular complexity index is 568. The van der Waals surface area contributed by atoms with E-state index in [1.54, 1.807) is 18.2 Å². The van der Waals surface area contributed by atoms with Crippen molar-refractivity contribution in [2.24, 2.45) is 0 Å². The van der Waals surface area contributed by atoms with Gasteiger partial charge in [-0.25, -0.2) is 4.79 Å². The normalized spacial score (nSPS) is 11.5. The molecule has 1 aromatic carbocycles. The van der Waals surface area contributed by atoms with E-state index in [0.717, 1.165) is 0 Å². The maximum atomic E-state index is 12.1. The summed E-state index contributed by atoms with van der Waals surface area (Å²) in [6, 6.07) is 4.65. The first-order valence-corrected chi connectivity index (χ1v) is 7.32. The van der Waals surface area contributed by atoms with E-state index >= 15 is 0 Å². The van der Waals surface area contributed by atoms with Crippen LogP contribution in [0.25, 0.3) is 0 Å². The fourth-order valence-corrected chi connectivity index (χ4v) is 1.75. The minimum atomic E-state index is -0.882. The van der Waals surface area contributed by atoms with Crippen LogP contribution in [-0.2, 0) is 9.53 Å². The van der Waals surface area contributed by atoms with Crippen molar-refractivity contribution in [1.29, 1.82) is 0 Å². The summed E-state index contributed by atoms with van der Waals surface area (Å²) in [5.74, 6) is -0.0497. The molecule has 0 spiro atoms. The van der Waals surface area contributed by atoms with Crippen LogP contribution < -0.4 is 14.8 Å². The first-order valence-electron chi connectivity index (χ1n) is 7.32. The average Bonchev–Trinajstić information content (AvgIpc) is 2.51. The smallest absolute Gasteiger partial charge is 0.339 e. The molecule has 0 heterocycles. The zero-order valence-corrected chi connectivity index (χ0v) is 13.9. The molecule has 1 unspecified atom stereocenters. The molecule has 0 saturated carbocycles. The molecule has 1 aromatic rings. The van der Waals surface area contributed by atoms with Crippen LogP contribution in [0.2, 0.25) is 0 Å². The highest BCUT2D eigenvalue weighted by Gasteiger charge is 2.20. The van der Waals surface area contributed by atoms with Crippen molar-refractivity contribution in [3.8, 4) is 11.5 Å². The van der Waals surface area contributed by atoms with Crippen molar-refractivity contribution in [2.45, 2.75) is 32.9 Å². The van der Waals surface area contributed by atoms with Crippen molar-refractivity contribution in [3.63, 3.8) is 0 Å². The lowest BCUT2D eigenvalue weighted by atomic mass is 10.2. The summed E-state index contributed by atoms with van der Waals surface area (Å²) >= 11 is 0. The predicted octanol–water partition coefficient (Wildman–Crippen LogP) is 2.33. The third kappa shape index (κ3) is 5.65. The van der Waals surface area contributed by atoms with Gasteiger partial charge in [-0.3, -0.25) is 4.79 Å². The molecule has 0 radical (unpaired) electrons. The standard InChI is InChI=1S/C17H23NO5/c1-6-9-22-14-8-7-13(10-15(14)21-5)17(20)23-12(4)16(19)18-11(2)3/h6-8,10-12H,1,9H2,2-5H3,(H,18,19). The van der Waals surface area contributed by atoms with E-state index in [4.69, 9.17) is 14.2 Å². The number of hydrogen-bond donors (Lipinski definition) is 1. The number of carbonyl (C=O) groups is 2. The van der Waals surface area contributed by atoms with Gasteiger partial charge < -0.3 is 19.5 Å². The topological polar surface area (TPSA) is 73.9 Å². The number of carbonyl (C=O) groups excluding carboxylic acids is 2. The number of ether oxygens (including phenoxy) is 3. The molecule has 0 bridgehead atoms. The van der Waals surface area contributed by atoms with Crippen LogP contribution in [0.4, 0.5) is 0 Å². The Morgan fingerprint density at radius 1 is 1.26 bits per heavy atom. The summed E-state index contributed by atoms with van der Waals surface area (Å²) in [6.07, 6.45) is 0.726. The number of nitrogens with one attached hydrogen (secondary N) is 1. The number of esters is 1. The Hall–Kier alpha value is -2.50. The second-order valence-electron chi connectivity index (χ2n) is 5.18. The third-order valence-electron chi connectivity index (χ3n) is 2.84. The summed E-state index contributed by atoms with van der Waals surface area (Å²) < 4.78 is 15.8. The van der Waals surface area contributed by atoms with E-state index in [-0.39, 0.29) is 17.5 Å². The van der Waals surface area contributed by atoms with Gasteiger partial charge in [-0.1, -0.05) is 12.7 Å². The number of hydrogen-bond acceptors (Lipinski definition) is 5. The molecule has 1 atom stereocenters. The van der Waals surface area contributed by atoms with Gasteiger partial charge >= 0.3 is 5.97 Å². The zero-order chi connectivity index (χ0) is 17.4. The minimum absolute atomic E-state index is 0.0231. The number of methoxy groups -OCH3 is 1. The quantitative estimate of drug-likeness (QED) is 0.587. The first-order chi connectivity index (χ1) is 10.9. The molecule has 126 valence electrons. The van der Waals surface area contributed by atoms with Crippen LogP contribution in [0.1, 0.15) is 31.1 Å². The highest BCUT2D eigenvalue weighted by atomic mass is 16.5. The predicted molar refractivity (Wildman–Crippen MR) is 86.8 cm³/mol. The third-order valence-corrected chi connectivity index (χ3v) is 2.84. The Kier molecular flexibility index (Phi) is 7.12. The molecule has 6 heteroatoms. The highest BCUT2D eigenvalue weighted by molar-refractivity contribution is 5.92. The molecule has 23 heavy (non-hydrogen) atoms. The van der Waals surface area contributed by atoms with Crippen molar-refractivity contribution in [2.75, 3.05) is 13.7 Å². The Balaban J connectivity index is 2.79. The summed E-state index contributed by atoms with van der Waals surface area (Å²) in [5.41, 5.74) is 0.275. The monoisotopic (exact) mass is 321 g/mol. The van der Waals surface area contributed by atoms with Crippen molar-refractivity contribution >= 4 is 11.9 Å². The molecule has 0 aliphatic heterocycles. The molecule has 0 aliphatic carbocycles. The summed E-state index contributed by atoms with van der Waals surface area (Å²) in [4.78, 5) is 23.9. The van der Waals surface area contributed by atoms with Gasteiger partial charge in [0, 0.05) is 6.04 Å². The van der Waals surface area contributed by atoms with Gasteiger partial charge in [0.05, 0.1) is 12.7 Å². The Labute approximate surface area is 136 Å². The molecule has 6 nitrogen and oxygen atoms in total. The van der Waals surface area contributed by atoms with E-state index in [1.807, 2.05) is 13.8 Å². The molecular weight excluding hydrogens is 298 g/mol. The van der Waals surface area contributed by atoms with E-state index in [2.05, 4.69) is 11.9 Å². The Morgan fingerprint density at radius 2 is 1.96 bits per heavy atom. The number of amides is 1. The van der Waals surface area contributed by atoms with Gasteiger partial charge in [0.25, 0.3) is 5.91 Å². The second kappa shape index (κ2) is 8.82. The highest BCUT2D eigenvalue weighted by Crippen LogP contribution is 2.28. The SMILES string of the molecule is C=CCOc1ccc(C(=O)OC(C)C(=O)NC(C)C)cc1OC. The van der Waals surface area contributed by atoms with Crippen LogP contribution in [0.3, 0.4) is 0 Å². The largest absolute Gasteiger partial charge is 0.493 e. The molecule has 1 amide bonds. The summed E-state index contributed by atoms with van der Waals surface area (Å²) in [5, 5.41) is 2.68. The zero-order valence-electron chi connectivity index (χ0n) is 13.9. The second-order valence-corrected chi connectivity index (χ2v) is 5.18. The van der Waals surface area contributed by atoms with E-state index in [1.165, 1.54) is 20.1 Å². The van der Waals surface area contributed by atoms with Gasteiger partial charge in [0.15, 0.2) is 17.6 Å². The molecule has 0 aromatic heterocycles. The van der Waals surface area contributed by atoms with Crippen molar-refractivity contribution < 1.29 is 23.8 Å².